The zero-order valence-corrected chi connectivity index (χ0v) is 13.6. The molecule has 6 heteroatoms. The van der Waals surface area contributed by atoms with Gasteiger partial charge >= 0.3 is 0 Å². The van der Waals surface area contributed by atoms with Crippen LogP contribution in [0.15, 0.2) is 60.7 Å². The van der Waals surface area contributed by atoms with Crippen molar-refractivity contribution in [2.24, 2.45) is 11.8 Å². The summed E-state index contributed by atoms with van der Waals surface area (Å²) in [5, 5.41) is 25.2. The van der Waals surface area contributed by atoms with E-state index in [0.717, 1.165) is 0 Å². The molecule has 6 nitrogen and oxygen atoms in total. The highest BCUT2D eigenvalue weighted by Crippen LogP contribution is 2.57. The van der Waals surface area contributed by atoms with Crippen molar-refractivity contribution in [1.82, 2.24) is 10.6 Å². The second kappa shape index (κ2) is 5.44. The smallest absolute Gasteiger partial charge is 0.241 e. The third kappa shape index (κ3) is 1.68. The molecule has 0 aliphatic carbocycles. The lowest BCUT2D eigenvalue weighted by Gasteiger charge is -2.41. The summed E-state index contributed by atoms with van der Waals surface area (Å²) in [6.07, 6.45) is 0. The number of hydrogen-bond donors (Lipinski definition) is 2. The van der Waals surface area contributed by atoms with Crippen LogP contribution in [0.3, 0.4) is 0 Å². The fraction of sp³-hybridized carbons (Fsp3) is 0.200. The minimum atomic E-state index is -1.36. The van der Waals surface area contributed by atoms with Gasteiger partial charge in [0.25, 0.3) is 0 Å². The molecule has 2 amide bonds. The van der Waals surface area contributed by atoms with Gasteiger partial charge < -0.3 is 10.6 Å². The number of nitriles is 2. The Labute approximate surface area is 150 Å². The molecule has 4 atom stereocenters. The Morgan fingerprint density at radius 1 is 0.692 bits per heavy atom. The molecule has 0 spiro atoms. The van der Waals surface area contributed by atoms with Gasteiger partial charge in [-0.25, -0.2) is 0 Å². The highest BCUT2D eigenvalue weighted by Gasteiger charge is 2.75. The van der Waals surface area contributed by atoms with Crippen molar-refractivity contribution in [3.05, 3.63) is 71.8 Å². The SMILES string of the molecule is N#CC1C(=O)N[C@]2(c3ccccc3)C(C#N)C(=O)N[C@]12c1ccccc1. The lowest BCUT2D eigenvalue weighted by Crippen LogP contribution is -2.57. The first-order chi connectivity index (χ1) is 12.6. The molecule has 0 bridgehead atoms. The van der Waals surface area contributed by atoms with E-state index < -0.39 is 34.7 Å². The minimum absolute atomic E-state index is 0.500. The van der Waals surface area contributed by atoms with Gasteiger partial charge in [-0.15, -0.1) is 0 Å². The van der Waals surface area contributed by atoms with Gasteiger partial charge in [0.1, 0.15) is 11.1 Å². The molecule has 2 aliphatic heterocycles. The number of rotatable bonds is 2. The second-order valence-electron chi connectivity index (χ2n) is 6.45. The molecule has 2 aromatic carbocycles. The van der Waals surface area contributed by atoms with Gasteiger partial charge in [0.15, 0.2) is 11.8 Å². The van der Waals surface area contributed by atoms with Crippen LogP contribution in [0.1, 0.15) is 11.1 Å². The first-order valence-corrected chi connectivity index (χ1v) is 8.16. The van der Waals surface area contributed by atoms with Crippen LogP contribution >= 0.6 is 0 Å². The normalized spacial score (nSPS) is 32.1. The molecule has 2 fully saturated rings. The van der Waals surface area contributed by atoms with E-state index in [1.54, 1.807) is 48.5 Å². The Bertz CT molecular complexity index is 895. The molecule has 2 unspecified atom stereocenters. The summed E-state index contributed by atoms with van der Waals surface area (Å²) in [4.78, 5) is 25.5. The molecule has 2 aromatic rings. The summed E-state index contributed by atoms with van der Waals surface area (Å²) in [6.45, 7) is 0. The topological polar surface area (TPSA) is 106 Å². The summed E-state index contributed by atoms with van der Waals surface area (Å²) >= 11 is 0. The first-order valence-electron chi connectivity index (χ1n) is 8.16. The van der Waals surface area contributed by atoms with Crippen molar-refractivity contribution in [1.29, 1.82) is 10.5 Å². The zero-order valence-electron chi connectivity index (χ0n) is 13.6. The number of hydrogen-bond acceptors (Lipinski definition) is 4. The molecule has 0 aromatic heterocycles. The Morgan fingerprint density at radius 2 is 1.04 bits per heavy atom. The third-order valence-electron chi connectivity index (χ3n) is 5.37. The van der Waals surface area contributed by atoms with E-state index in [-0.39, 0.29) is 0 Å². The first kappa shape index (κ1) is 15.9. The van der Waals surface area contributed by atoms with Gasteiger partial charge in [-0.05, 0) is 11.1 Å². The largest absolute Gasteiger partial charge is 0.341 e. The fourth-order valence-electron chi connectivity index (χ4n) is 4.37. The maximum Gasteiger partial charge on any atom is 0.241 e. The van der Waals surface area contributed by atoms with Crippen molar-refractivity contribution in [2.75, 3.05) is 0 Å². The summed E-state index contributed by atoms with van der Waals surface area (Å²) in [5.74, 6) is -3.32. The molecule has 2 aliphatic rings. The number of nitrogens with one attached hydrogen (secondary N) is 2. The Hall–Kier alpha value is -3.64. The molecule has 2 heterocycles. The lowest BCUT2D eigenvalue weighted by atomic mass is 9.63. The molecule has 0 radical (unpaired) electrons. The van der Waals surface area contributed by atoms with Gasteiger partial charge in [0, 0.05) is 0 Å². The zero-order chi connectivity index (χ0) is 18.4. The number of carbonyl (C=O) groups is 2. The van der Waals surface area contributed by atoms with E-state index in [4.69, 9.17) is 0 Å². The Kier molecular flexibility index (Phi) is 3.32. The number of amides is 2. The van der Waals surface area contributed by atoms with Crippen molar-refractivity contribution < 1.29 is 9.59 Å². The van der Waals surface area contributed by atoms with Gasteiger partial charge in [-0.3, -0.25) is 9.59 Å². The molecule has 2 N–H and O–H groups in total. The highest BCUT2D eigenvalue weighted by molar-refractivity contribution is 5.97. The fourth-order valence-corrected chi connectivity index (χ4v) is 4.37. The van der Waals surface area contributed by atoms with Gasteiger partial charge in [0.2, 0.25) is 11.8 Å². The van der Waals surface area contributed by atoms with Crippen LogP contribution in [0.4, 0.5) is 0 Å². The van der Waals surface area contributed by atoms with Crippen LogP contribution in [0.25, 0.3) is 0 Å². The molecule has 4 rings (SSSR count). The van der Waals surface area contributed by atoms with Crippen LogP contribution in [-0.4, -0.2) is 11.8 Å². The van der Waals surface area contributed by atoms with E-state index >= 15 is 0 Å². The van der Waals surface area contributed by atoms with Crippen molar-refractivity contribution >= 4 is 11.8 Å². The van der Waals surface area contributed by atoms with E-state index in [0.29, 0.717) is 11.1 Å². The predicted octanol–water partition coefficient (Wildman–Crippen LogP) is 1.32. The molecular formula is C20H14N4O2. The minimum Gasteiger partial charge on any atom is -0.341 e. The molecular weight excluding hydrogens is 328 g/mol. The maximum absolute atomic E-state index is 12.7. The summed E-state index contributed by atoms with van der Waals surface area (Å²) < 4.78 is 0. The maximum atomic E-state index is 12.7. The number of carbonyl (C=O) groups excluding carboxylic acids is 2. The highest BCUT2D eigenvalue weighted by atomic mass is 16.2. The number of nitrogens with zero attached hydrogens (tertiary/aromatic N) is 2. The average Bonchev–Trinajstić information content (AvgIpc) is 3.07. The lowest BCUT2D eigenvalue weighted by molar-refractivity contribution is -0.125. The summed E-state index contributed by atoms with van der Waals surface area (Å²) in [6, 6.07) is 21.9. The molecule has 2 saturated heterocycles. The van der Waals surface area contributed by atoms with E-state index in [1.165, 1.54) is 0 Å². The van der Waals surface area contributed by atoms with Crippen molar-refractivity contribution in [2.45, 2.75) is 11.1 Å². The van der Waals surface area contributed by atoms with E-state index in [2.05, 4.69) is 10.6 Å². The summed E-state index contributed by atoms with van der Waals surface area (Å²) in [5.41, 5.74) is -1.50. The molecule has 0 saturated carbocycles. The third-order valence-corrected chi connectivity index (χ3v) is 5.37. The van der Waals surface area contributed by atoms with Crippen LogP contribution in [0, 0.1) is 34.5 Å². The van der Waals surface area contributed by atoms with Gasteiger partial charge in [0.05, 0.1) is 12.1 Å². The van der Waals surface area contributed by atoms with Crippen LogP contribution in [0.5, 0.6) is 0 Å². The molecule has 26 heavy (non-hydrogen) atoms. The average molecular weight is 342 g/mol. The van der Waals surface area contributed by atoms with E-state index in [9.17, 15) is 20.1 Å². The van der Waals surface area contributed by atoms with Crippen LogP contribution in [-0.2, 0) is 20.7 Å². The standard InChI is InChI=1S/C20H14N4O2/c21-11-15-17(25)24-20(14-9-5-2-6-10-14)16(12-22)18(26)23-19(15,20)13-7-3-1-4-8-13/h1-10,15-16H,(H,23,26)(H,24,25)/t15?,16?,19-,20-/m1/s1. The Balaban J connectivity index is 2.12. The quantitative estimate of drug-likeness (QED) is 0.858. The van der Waals surface area contributed by atoms with Gasteiger partial charge in [-0.1, -0.05) is 60.7 Å². The van der Waals surface area contributed by atoms with Crippen LogP contribution in [0.2, 0.25) is 0 Å². The van der Waals surface area contributed by atoms with Crippen LogP contribution < -0.4 is 10.6 Å². The predicted molar refractivity (Wildman–Crippen MR) is 90.7 cm³/mol. The van der Waals surface area contributed by atoms with Crippen molar-refractivity contribution in [3.8, 4) is 12.1 Å². The Morgan fingerprint density at radius 3 is 1.35 bits per heavy atom. The summed E-state index contributed by atoms with van der Waals surface area (Å²) in [7, 11) is 0. The number of benzene rings is 2. The molecule has 126 valence electrons. The van der Waals surface area contributed by atoms with Crippen molar-refractivity contribution in [3.63, 3.8) is 0 Å². The monoisotopic (exact) mass is 342 g/mol. The van der Waals surface area contributed by atoms with E-state index in [1.807, 2.05) is 24.3 Å². The number of fused-ring (bicyclic) bond motifs is 1. The van der Waals surface area contributed by atoms with Gasteiger partial charge in [-0.2, -0.15) is 10.5 Å². The second-order valence-corrected chi connectivity index (χ2v) is 6.45.